The molecular weight excluding hydrogens is 352 g/mol. The van der Waals surface area contributed by atoms with E-state index in [2.05, 4.69) is 20.1 Å². The van der Waals surface area contributed by atoms with E-state index in [9.17, 15) is 4.79 Å². The molecule has 1 aliphatic rings. The van der Waals surface area contributed by atoms with Crippen LogP contribution in [0.5, 0.6) is 0 Å². The average molecular weight is 377 g/mol. The SMILES string of the molecule is CC(C)NC(=O)CN1CCN(Cc2ncc(-c3cccc(Cl)c3)o2)CC1. The van der Waals surface area contributed by atoms with Gasteiger partial charge in [-0.25, -0.2) is 4.98 Å². The van der Waals surface area contributed by atoms with Gasteiger partial charge < -0.3 is 9.73 Å². The summed E-state index contributed by atoms with van der Waals surface area (Å²) in [7, 11) is 0. The van der Waals surface area contributed by atoms with E-state index in [1.54, 1.807) is 6.20 Å². The van der Waals surface area contributed by atoms with Gasteiger partial charge in [-0.1, -0.05) is 23.7 Å². The topological polar surface area (TPSA) is 61.6 Å². The fourth-order valence-electron chi connectivity index (χ4n) is 3.03. The third kappa shape index (κ3) is 5.30. The van der Waals surface area contributed by atoms with Crippen LogP contribution in [0.3, 0.4) is 0 Å². The van der Waals surface area contributed by atoms with Crippen LogP contribution in [-0.4, -0.2) is 59.5 Å². The van der Waals surface area contributed by atoms with Crippen molar-refractivity contribution < 1.29 is 9.21 Å². The second kappa shape index (κ2) is 8.66. The minimum absolute atomic E-state index is 0.0901. The number of aromatic nitrogens is 1. The van der Waals surface area contributed by atoms with Crippen molar-refractivity contribution >= 4 is 17.5 Å². The molecule has 3 rings (SSSR count). The molecule has 0 saturated carbocycles. The molecule has 2 aromatic rings. The van der Waals surface area contributed by atoms with Gasteiger partial charge in [-0.2, -0.15) is 0 Å². The first-order valence-corrected chi connectivity index (χ1v) is 9.32. The van der Waals surface area contributed by atoms with Gasteiger partial charge in [-0.15, -0.1) is 0 Å². The first-order chi connectivity index (χ1) is 12.5. The van der Waals surface area contributed by atoms with Crippen molar-refractivity contribution in [3.8, 4) is 11.3 Å². The summed E-state index contributed by atoms with van der Waals surface area (Å²) in [4.78, 5) is 20.7. The van der Waals surface area contributed by atoms with Gasteiger partial charge in [0.15, 0.2) is 5.76 Å². The molecule has 1 aliphatic heterocycles. The number of nitrogens with one attached hydrogen (secondary N) is 1. The number of halogens is 1. The fraction of sp³-hybridized carbons (Fsp3) is 0.474. The second-order valence-electron chi connectivity index (χ2n) is 6.90. The summed E-state index contributed by atoms with van der Waals surface area (Å²) in [6.07, 6.45) is 1.74. The molecule has 0 aliphatic carbocycles. The van der Waals surface area contributed by atoms with Gasteiger partial charge >= 0.3 is 0 Å². The molecular formula is C19H25ClN4O2. The van der Waals surface area contributed by atoms with Crippen molar-refractivity contribution in [3.05, 3.63) is 41.4 Å². The van der Waals surface area contributed by atoms with Crippen LogP contribution in [0.2, 0.25) is 5.02 Å². The number of rotatable bonds is 6. The molecule has 1 aromatic carbocycles. The Bertz CT molecular complexity index is 739. The third-order valence-electron chi connectivity index (χ3n) is 4.30. The van der Waals surface area contributed by atoms with Crippen LogP contribution in [0.25, 0.3) is 11.3 Å². The van der Waals surface area contributed by atoms with Gasteiger partial charge in [0.1, 0.15) is 0 Å². The van der Waals surface area contributed by atoms with E-state index in [1.165, 1.54) is 0 Å². The van der Waals surface area contributed by atoms with Crippen LogP contribution < -0.4 is 5.32 Å². The van der Waals surface area contributed by atoms with Crippen LogP contribution in [0, 0.1) is 0 Å². The lowest BCUT2D eigenvalue weighted by Crippen LogP contribution is -2.49. The van der Waals surface area contributed by atoms with Crippen molar-refractivity contribution in [2.24, 2.45) is 0 Å². The second-order valence-corrected chi connectivity index (χ2v) is 7.34. The van der Waals surface area contributed by atoms with Crippen LogP contribution in [0.1, 0.15) is 19.7 Å². The molecule has 2 heterocycles. The summed E-state index contributed by atoms with van der Waals surface area (Å²) in [5, 5.41) is 3.61. The number of carbonyl (C=O) groups is 1. The Morgan fingerprint density at radius 1 is 1.27 bits per heavy atom. The van der Waals surface area contributed by atoms with Gasteiger partial charge in [0.05, 0.1) is 19.3 Å². The first kappa shape index (κ1) is 18.9. The third-order valence-corrected chi connectivity index (χ3v) is 4.54. The summed E-state index contributed by atoms with van der Waals surface area (Å²) in [6, 6.07) is 7.74. The number of carbonyl (C=O) groups excluding carboxylic acids is 1. The largest absolute Gasteiger partial charge is 0.439 e. The van der Waals surface area contributed by atoms with E-state index in [0.29, 0.717) is 24.0 Å². The number of piperazine rings is 1. The molecule has 1 saturated heterocycles. The zero-order valence-corrected chi connectivity index (χ0v) is 16.0. The predicted molar refractivity (Wildman–Crippen MR) is 102 cm³/mol. The molecule has 0 bridgehead atoms. The summed E-state index contributed by atoms with van der Waals surface area (Å²) < 4.78 is 5.87. The van der Waals surface area contributed by atoms with Crippen molar-refractivity contribution in [3.63, 3.8) is 0 Å². The number of amides is 1. The molecule has 0 unspecified atom stereocenters. The van der Waals surface area contributed by atoms with Crippen LogP contribution in [-0.2, 0) is 11.3 Å². The summed E-state index contributed by atoms with van der Waals surface area (Å²) in [5.41, 5.74) is 0.928. The highest BCUT2D eigenvalue weighted by molar-refractivity contribution is 6.30. The smallest absolute Gasteiger partial charge is 0.234 e. The Hall–Kier alpha value is -1.89. The Kier molecular flexibility index (Phi) is 6.29. The first-order valence-electron chi connectivity index (χ1n) is 8.94. The Balaban J connectivity index is 1.49. The minimum atomic E-state index is 0.0901. The quantitative estimate of drug-likeness (QED) is 0.839. The van der Waals surface area contributed by atoms with Crippen molar-refractivity contribution in [2.75, 3.05) is 32.7 Å². The average Bonchev–Trinajstić information content (AvgIpc) is 3.04. The number of hydrogen-bond donors (Lipinski definition) is 1. The van der Waals surface area contributed by atoms with Crippen LogP contribution in [0.15, 0.2) is 34.9 Å². The maximum absolute atomic E-state index is 11.9. The van der Waals surface area contributed by atoms with Gasteiger partial charge in [-0.3, -0.25) is 14.6 Å². The number of hydrogen-bond acceptors (Lipinski definition) is 5. The van der Waals surface area contributed by atoms with Crippen molar-refractivity contribution in [1.82, 2.24) is 20.1 Å². The van der Waals surface area contributed by atoms with Gasteiger partial charge in [0.2, 0.25) is 11.8 Å². The van der Waals surface area contributed by atoms with Gasteiger partial charge in [-0.05, 0) is 26.0 Å². The van der Waals surface area contributed by atoms with E-state index < -0.39 is 0 Å². The molecule has 6 nitrogen and oxygen atoms in total. The predicted octanol–water partition coefficient (Wildman–Crippen LogP) is 2.64. The van der Waals surface area contributed by atoms with E-state index in [0.717, 1.165) is 37.5 Å². The van der Waals surface area contributed by atoms with Gasteiger partial charge in [0, 0.05) is 42.8 Å². The minimum Gasteiger partial charge on any atom is -0.439 e. The van der Waals surface area contributed by atoms with E-state index >= 15 is 0 Å². The summed E-state index contributed by atoms with van der Waals surface area (Å²) >= 11 is 6.03. The number of oxazole rings is 1. The Labute approximate surface area is 159 Å². The molecule has 7 heteroatoms. The summed E-state index contributed by atoms with van der Waals surface area (Å²) in [5.74, 6) is 1.52. The van der Waals surface area contributed by atoms with Crippen LogP contribution >= 0.6 is 11.6 Å². The van der Waals surface area contributed by atoms with E-state index in [-0.39, 0.29) is 11.9 Å². The molecule has 140 valence electrons. The van der Waals surface area contributed by atoms with E-state index in [1.807, 2.05) is 38.1 Å². The molecule has 0 radical (unpaired) electrons. The molecule has 1 aromatic heterocycles. The lowest BCUT2D eigenvalue weighted by molar-refractivity contribution is -0.123. The Morgan fingerprint density at radius 3 is 2.69 bits per heavy atom. The van der Waals surface area contributed by atoms with Crippen molar-refractivity contribution in [1.29, 1.82) is 0 Å². The highest BCUT2D eigenvalue weighted by atomic mass is 35.5. The standard InChI is InChI=1S/C19H25ClN4O2/c1-14(2)22-18(25)12-23-6-8-24(9-7-23)13-19-21-11-17(26-19)15-4-3-5-16(20)10-15/h3-5,10-11,14H,6-9,12-13H2,1-2H3,(H,22,25). The lowest BCUT2D eigenvalue weighted by Gasteiger charge is -2.33. The molecule has 1 amide bonds. The van der Waals surface area contributed by atoms with E-state index in [4.69, 9.17) is 16.0 Å². The zero-order chi connectivity index (χ0) is 18.5. The highest BCUT2D eigenvalue weighted by Gasteiger charge is 2.20. The Morgan fingerprint density at radius 2 is 2.00 bits per heavy atom. The number of benzene rings is 1. The maximum Gasteiger partial charge on any atom is 0.234 e. The van der Waals surface area contributed by atoms with Crippen molar-refractivity contribution in [2.45, 2.75) is 26.4 Å². The monoisotopic (exact) mass is 376 g/mol. The summed E-state index contributed by atoms with van der Waals surface area (Å²) in [6.45, 7) is 8.61. The fourth-order valence-corrected chi connectivity index (χ4v) is 3.22. The molecule has 1 N–H and O–H groups in total. The maximum atomic E-state index is 11.9. The number of nitrogens with zero attached hydrogens (tertiary/aromatic N) is 3. The normalized spacial score (nSPS) is 16.2. The van der Waals surface area contributed by atoms with Crippen LogP contribution in [0.4, 0.5) is 0 Å². The molecule has 1 fully saturated rings. The van der Waals surface area contributed by atoms with Gasteiger partial charge in [0.25, 0.3) is 0 Å². The molecule has 0 atom stereocenters. The molecule has 0 spiro atoms. The molecule has 26 heavy (non-hydrogen) atoms. The zero-order valence-electron chi connectivity index (χ0n) is 15.2. The lowest BCUT2D eigenvalue weighted by atomic mass is 10.2. The highest BCUT2D eigenvalue weighted by Crippen LogP contribution is 2.24.